The van der Waals surface area contributed by atoms with Gasteiger partial charge in [0, 0.05) is 12.6 Å². The summed E-state index contributed by atoms with van der Waals surface area (Å²) in [5, 5.41) is 2.71. The van der Waals surface area contributed by atoms with E-state index in [0.717, 1.165) is 4.47 Å². The minimum absolute atomic E-state index is 0.00446. The molecule has 2 aromatic rings. The standard InChI is InChI=1S/C17H17N3O5S/c1-19(25-2)26(23,24)13-9-7-12(8-10-13)17(22)20-11-16(21)18-14-5-3-4-6-15(14)20/h3-10H,11H2,1-2H3,(H,18,21). The summed E-state index contributed by atoms with van der Waals surface area (Å²) in [6.07, 6.45) is 0. The number of nitrogens with zero attached hydrogens (tertiary/aromatic N) is 2. The van der Waals surface area contributed by atoms with Crippen LogP contribution in [0.3, 0.4) is 0 Å². The molecule has 1 aliphatic heterocycles. The zero-order chi connectivity index (χ0) is 18.9. The maximum atomic E-state index is 12.8. The molecule has 0 spiro atoms. The molecule has 3 rings (SSSR count). The molecule has 0 saturated heterocycles. The summed E-state index contributed by atoms with van der Waals surface area (Å²) in [6, 6.07) is 12.5. The van der Waals surface area contributed by atoms with Crippen molar-refractivity contribution in [3.63, 3.8) is 0 Å². The van der Waals surface area contributed by atoms with Gasteiger partial charge in [0.05, 0.1) is 23.4 Å². The summed E-state index contributed by atoms with van der Waals surface area (Å²) in [5.74, 6) is -0.686. The number of carbonyl (C=O) groups is 2. The second kappa shape index (κ2) is 6.87. The Labute approximate surface area is 151 Å². The van der Waals surface area contributed by atoms with Crippen LogP contribution in [0.25, 0.3) is 0 Å². The summed E-state index contributed by atoms with van der Waals surface area (Å²) in [5.41, 5.74) is 1.42. The molecule has 136 valence electrons. The monoisotopic (exact) mass is 375 g/mol. The highest BCUT2D eigenvalue weighted by molar-refractivity contribution is 7.89. The summed E-state index contributed by atoms with van der Waals surface area (Å²) in [4.78, 5) is 30.8. The van der Waals surface area contributed by atoms with Crippen molar-refractivity contribution in [1.82, 2.24) is 4.47 Å². The fraction of sp³-hybridized carbons (Fsp3) is 0.176. The average molecular weight is 375 g/mol. The van der Waals surface area contributed by atoms with Crippen molar-refractivity contribution < 1.29 is 22.8 Å². The second-order valence-electron chi connectivity index (χ2n) is 5.58. The Bertz CT molecular complexity index is 957. The van der Waals surface area contributed by atoms with Crippen LogP contribution in [0.4, 0.5) is 11.4 Å². The molecule has 2 aromatic carbocycles. The van der Waals surface area contributed by atoms with Crippen LogP contribution in [-0.4, -0.2) is 45.4 Å². The highest BCUT2D eigenvalue weighted by Crippen LogP contribution is 2.30. The average Bonchev–Trinajstić information content (AvgIpc) is 2.66. The number of nitrogens with one attached hydrogen (secondary N) is 1. The van der Waals surface area contributed by atoms with Gasteiger partial charge in [0.25, 0.3) is 15.9 Å². The van der Waals surface area contributed by atoms with Crippen molar-refractivity contribution in [2.24, 2.45) is 0 Å². The molecule has 0 unspecified atom stereocenters. The zero-order valence-corrected chi connectivity index (χ0v) is 15.0. The Balaban J connectivity index is 1.91. The third-order valence-electron chi connectivity index (χ3n) is 4.01. The summed E-state index contributed by atoms with van der Waals surface area (Å²) < 4.78 is 25.1. The van der Waals surface area contributed by atoms with Gasteiger partial charge in [-0.05, 0) is 36.4 Å². The lowest BCUT2D eigenvalue weighted by Gasteiger charge is -2.29. The van der Waals surface area contributed by atoms with Crippen molar-refractivity contribution in [2.45, 2.75) is 4.90 Å². The molecule has 0 radical (unpaired) electrons. The van der Waals surface area contributed by atoms with Crippen molar-refractivity contribution in [2.75, 3.05) is 30.9 Å². The Kier molecular flexibility index (Phi) is 4.77. The molecular formula is C17H17N3O5S. The molecule has 0 aromatic heterocycles. The van der Waals surface area contributed by atoms with E-state index in [-0.39, 0.29) is 22.9 Å². The predicted molar refractivity (Wildman–Crippen MR) is 95.1 cm³/mol. The molecule has 0 saturated carbocycles. The molecular weight excluding hydrogens is 358 g/mol. The Morgan fingerprint density at radius 2 is 1.81 bits per heavy atom. The largest absolute Gasteiger partial charge is 0.323 e. The number of hydrogen-bond acceptors (Lipinski definition) is 5. The van der Waals surface area contributed by atoms with Crippen LogP contribution >= 0.6 is 0 Å². The van der Waals surface area contributed by atoms with Crippen molar-refractivity contribution >= 4 is 33.2 Å². The first kappa shape index (κ1) is 18.1. The van der Waals surface area contributed by atoms with E-state index in [1.165, 1.54) is 43.3 Å². The van der Waals surface area contributed by atoms with Crippen LogP contribution < -0.4 is 10.2 Å². The second-order valence-corrected chi connectivity index (χ2v) is 7.51. The number of hydroxylamine groups is 1. The summed E-state index contributed by atoms with van der Waals surface area (Å²) in [7, 11) is -1.27. The minimum atomic E-state index is -3.79. The third-order valence-corrected chi connectivity index (χ3v) is 5.70. The number of fused-ring (bicyclic) bond motifs is 1. The normalized spacial score (nSPS) is 14.1. The molecule has 2 amide bonds. The Hall–Kier alpha value is -2.75. The zero-order valence-electron chi connectivity index (χ0n) is 14.2. The van der Waals surface area contributed by atoms with Crippen molar-refractivity contribution in [3.8, 4) is 0 Å². The number of hydrogen-bond donors (Lipinski definition) is 1. The quantitative estimate of drug-likeness (QED) is 0.817. The van der Waals surface area contributed by atoms with Crippen LogP contribution in [0.5, 0.6) is 0 Å². The van der Waals surface area contributed by atoms with Crippen molar-refractivity contribution in [1.29, 1.82) is 0 Å². The summed E-state index contributed by atoms with van der Waals surface area (Å²) in [6.45, 7) is -0.109. The van der Waals surface area contributed by atoms with E-state index in [1.54, 1.807) is 24.3 Å². The predicted octanol–water partition coefficient (Wildman–Crippen LogP) is 1.47. The number of carbonyl (C=O) groups excluding carboxylic acids is 2. The van der Waals surface area contributed by atoms with Crippen LogP contribution in [-0.2, 0) is 19.7 Å². The number of para-hydroxylation sites is 2. The number of benzene rings is 2. The van der Waals surface area contributed by atoms with Gasteiger partial charge < -0.3 is 5.32 Å². The molecule has 0 fully saturated rings. The van der Waals surface area contributed by atoms with E-state index >= 15 is 0 Å². The molecule has 0 atom stereocenters. The van der Waals surface area contributed by atoms with Gasteiger partial charge in [0.1, 0.15) is 6.54 Å². The lowest BCUT2D eigenvalue weighted by Crippen LogP contribution is -2.42. The molecule has 8 nitrogen and oxygen atoms in total. The van der Waals surface area contributed by atoms with Crippen LogP contribution in [0.15, 0.2) is 53.4 Å². The van der Waals surface area contributed by atoms with Gasteiger partial charge in [-0.15, -0.1) is 0 Å². The van der Waals surface area contributed by atoms with E-state index in [9.17, 15) is 18.0 Å². The molecule has 0 aliphatic carbocycles. The first-order valence-electron chi connectivity index (χ1n) is 7.68. The molecule has 0 bridgehead atoms. The molecule has 1 heterocycles. The highest BCUT2D eigenvalue weighted by Gasteiger charge is 2.28. The van der Waals surface area contributed by atoms with Crippen LogP contribution in [0, 0.1) is 0 Å². The molecule has 9 heteroatoms. The smallest absolute Gasteiger partial charge is 0.264 e. The minimum Gasteiger partial charge on any atom is -0.323 e. The van der Waals surface area contributed by atoms with Crippen molar-refractivity contribution in [3.05, 3.63) is 54.1 Å². The third kappa shape index (κ3) is 3.19. The van der Waals surface area contributed by atoms with Crippen LogP contribution in [0.1, 0.15) is 10.4 Å². The van der Waals surface area contributed by atoms with E-state index in [0.29, 0.717) is 11.4 Å². The number of amides is 2. The van der Waals surface area contributed by atoms with E-state index in [1.807, 2.05) is 0 Å². The van der Waals surface area contributed by atoms with Crippen LogP contribution in [0.2, 0.25) is 0 Å². The highest BCUT2D eigenvalue weighted by atomic mass is 32.2. The van der Waals surface area contributed by atoms with Gasteiger partial charge in [0.15, 0.2) is 0 Å². The van der Waals surface area contributed by atoms with Gasteiger partial charge >= 0.3 is 0 Å². The lowest BCUT2D eigenvalue weighted by atomic mass is 10.1. The molecule has 1 N–H and O–H groups in total. The fourth-order valence-corrected chi connectivity index (χ4v) is 3.56. The van der Waals surface area contributed by atoms with E-state index in [2.05, 4.69) is 5.32 Å². The molecule has 1 aliphatic rings. The van der Waals surface area contributed by atoms with E-state index in [4.69, 9.17) is 4.84 Å². The van der Waals surface area contributed by atoms with Gasteiger partial charge in [-0.25, -0.2) is 8.42 Å². The Morgan fingerprint density at radius 1 is 1.15 bits per heavy atom. The van der Waals surface area contributed by atoms with Gasteiger partial charge in [-0.2, -0.15) is 0 Å². The fourth-order valence-electron chi connectivity index (χ4n) is 2.59. The maximum Gasteiger partial charge on any atom is 0.264 e. The molecule has 26 heavy (non-hydrogen) atoms. The van der Waals surface area contributed by atoms with Gasteiger partial charge in [-0.1, -0.05) is 16.6 Å². The van der Waals surface area contributed by atoms with Gasteiger partial charge in [0.2, 0.25) is 5.91 Å². The van der Waals surface area contributed by atoms with E-state index < -0.39 is 15.9 Å². The maximum absolute atomic E-state index is 12.8. The first-order valence-corrected chi connectivity index (χ1v) is 9.12. The SMILES string of the molecule is CON(C)S(=O)(=O)c1ccc(C(=O)N2CC(=O)Nc3ccccc32)cc1. The number of anilines is 2. The number of rotatable bonds is 4. The topological polar surface area (TPSA) is 96.0 Å². The Morgan fingerprint density at radius 3 is 2.46 bits per heavy atom. The van der Waals surface area contributed by atoms with Gasteiger partial charge in [-0.3, -0.25) is 19.3 Å². The lowest BCUT2D eigenvalue weighted by molar-refractivity contribution is -0.115. The summed E-state index contributed by atoms with van der Waals surface area (Å²) >= 11 is 0. The first-order chi connectivity index (χ1) is 12.3. The number of sulfonamides is 1.